The van der Waals surface area contributed by atoms with Gasteiger partial charge >= 0.3 is 0 Å². The second kappa shape index (κ2) is 6.91. The van der Waals surface area contributed by atoms with Crippen LogP contribution in [0.3, 0.4) is 0 Å². The van der Waals surface area contributed by atoms with E-state index in [1.807, 2.05) is 34.7 Å². The Morgan fingerprint density at radius 3 is 2.91 bits per heavy atom. The Kier molecular flexibility index (Phi) is 4.71. The third-order valence-electron chi connectivity index (χ3n) is 4.26. The van der Waals surface area contributed by atoms with Crippen LogP contribution in [0.15, 0.2) is 30.7 Å². The second-order valence-corrected chi connectivity index (χ2v) is 5.85. The minimum atomic E-state index is -0.290. The smallest absolute Gasteiger partial charge is 0.255 e. The van der Waals surface area contributed by atoms with E-state index >= 15 is 0 Å². The summed E-state index contributed by atoms with van der Waals surface area (Å²) in [7, 11) is 0. The highest BCUT2D eigenvalue weighted by molar-refractivity contribution is 5.94. The zero-order valence-corrected chi connectivity index (χ0v) is 13.4. The summed E-state index contributed by atoms with van der Waals surface area (Å²) >= 11 is 0. The van der Waals surface area contributed by atoms with Gasteiger partial charge in [0.15, 0.2) is 0 Å². The molecule has 2 aromatic heterocycles. The predicted octanol–water partition coefficient (Wildman–Crippen LogP) is 1.82. The van der Waals surface area contributed by atoms with Crippen molar-refractivity contribution in [3.05, 3.63) is 42.1 Å². The van der Waals surface area contributed by atoms with Gasteiger partial charge in [0.2, 0.25) is 0 Å². The van der Waals surface area contributed by atoms with E-state index in [0.29, 0.717) is 25.1 Å². The fourth-order valence-corrected chi connectivity index (χ4v) is 2.92. The Balaban J connectivity index is 1.75. The molecule has 0 unspecified atom stereocenters. The molecule has 3 heterocycles. The first-order valence-electron chi connectivity index (χ1n) is 8.15. The van der Waals surface area contributed by atoms with E-state index in [1.54, 1.807) is 12.4 Å². The van der Waals surface area contributed by atoms with Crippen LogP contribution < -0.4 is 0 Å². The van der Waals surface area contributed by atoms with E-state index in [0.717, 1.165) is 30.9 Å². The first-order valence-corrected chi connectivity index (χ1v) is 8.15. The molecule has 0 spiro atoms. The van der Waals surface area contributed by atoms with E-state index in [9.17, 15) is 9.90 Å². The van der Waals surface area contributed by atoms with Crippen LogP contribution in [-0.2, 0) is 6.42 Å². The van der Waals surface area contributed by atoms with E-state index in [2.05, 4.69) is 9.97 Å². The van der Waals surface area contributed by atoms with Crippen molar-refractivity contribution in [3.8, 4) is 5.82 Å². The van der Waals surface area contributed by atoms with Crippen molar-refractivity contribution in [1.29, 1.82) is 0 Å². The molecular formula is C17H22N4O2. The van der Waals surface area contributed by atoms with Crippen LogP contribution in [0.2, 0.25) is 0 Å². The molecule has 1 fully saturated rings. The van der Waals surface area contributed by atoms with Crippen molar-refractivity contribution in [2.24, 2.45) is 0 Å². The highest BCUT2D eigenvalue weighted by Gasteiger charge is 2.20. The average molecular weight is 314 g/mol. The van der Waals surface area contributed by atoms with Crippen LogP contribution >= 0.6 is 0 Å². The van der Waals surface area contributed by atoms with Gasteiger partial charge in [0, 0.05) is 38.1 Å². The van der Waals surface area contributed by atoms with E-state index in [1.165, 1.54) is 0 Å². The number of imidazole rings is 1. The molecule has 0 aliphatic carbocycles. The number of carbonyl (C=O) groups excluding carboxylic acids is 1. The maximum atomic E-state index is 12.6. The Morgan fingerprint density at radius 1 is 1.30 bits per heavy atom. The SMILES string of the molecule is CCc1nccn1-c1ccc(C(=O)N2CCC[C@H](O)CC2)cn1. The molecular weight excluding hydrogens is 292 g/mol. The fraction of sp³-hybridized carbons (Fsp3) is 0.471. The summed E-state index contributed by atoms with van der Waals surface area (Å²) in [5.41, 5.74) is 0.586. The number of rotatable bonds is 3. The van der Waals surface area contributed by atoms with Gasteiger partial charge in [-0.25, -0.2) is 9.97 Å². The first kappa shape index (κ1) is 15.7. The number of aryl methyl sites for hydroxylation is 1. The number of likely N-dealkylation sites (tertiary alicyclic amines) is 1. The Hall–Kier alpha value is -2.21. The summed E-state index contributed by atoms with van der Waals surface area (Å²) < 4.78 is 1.93. The fourth-order valence-electron chi connectivity index (χ4n) is 2.92. The number of carbonyl (C=O) groups is 1. The van der Waals surface area contributed by atoms with Crippen molar-refractivity contribution >= 4 is 5.91 Å². The molecule has 6 nitrogen and oxygen atoms in total. The summed E-state index contributed by atoms with van der Waals surface area (Å²) in [6.45, 7) is 3.34. The summed E-state index contributed by atoms with van der Waals surface area (Å²) in [4.78, 5) is 23.1. The van der Waals surface area contributed by atoms with Crippen molar-refractivity contribution in [1.82, 2.24) is 19.4 Å². The normalized spacial score (nSPS) is 18.7. The second-order valence-electron chi connectivity index (χ2n) is 5.85. The number of hydrogen-bond donors (Lipinski definition) is 1. The van der Waals surface area contributed by atoms with Gasteiger partial charge in [-0.15, -0.1) is 0 Å². The molecule has 1 saturated heterocycles. The maximum absolute atomic E-state index is 12.6. The first-order chi connectivity index (χ1) is 11.2. The third-order valence-corrected chi connectivity index (χ3v) is 4.26. The summed E-state index contributed by atoms with van der Waals surface area (Å²) in [6, 6.07) is 3.66. The third kappa shape index (κ3) is 3.42. The van der Waals surface area contributed by atoms with Gasteiger partial charge in [0.05, 0.1) is 11.7 Å². The molecule has 1 atom stereocenters. The molecule has 0 saturated carbocycles. The number of aromatic nitrogens is 3. The summed E-state index contributed by atoms with van der Waals surface area (Å²) in [5, 5.41) is 9.69. The Morgan fingerprint density at radius 2 is 2.17 bits per heavy atom. The monoisotopic (exact) mass is 314 g/mol. The van der Waals surface area contributed by atoms with Gasteiger partial charge in [0.25, 0.3) is 5.91 Å². The van der Waals surface area contributed by atoms with Crippen molar-refractivity contribution in [2.75, 3.05) is 13.1 Å². The number of nitrogens with zero attached hydrogens (tertiary/aromatic N) is 4. The van der Waals surface area contributed by atoms with Crippen LogP contribution in [0.25, 0.3) is 5.82 Å². The lowest BCUT2D eigenvalue weighted by Crippen LogP contribution is -2.32. The van der Waals surface area contributed by atoms with Crippen LogP contribution in [0.5, 0.6) is 0 Å². The van der Waals surface area contributed by atoms with Crippen LogP contribution in [-0.4, -0.2) is 49.6 Å². The molecule has 122 valence electrons. The molecule has 3 rings (SSSR count). The lowest BCUT2D eigenvalue weighted by molar-refractivity contribution is 0.0752. The maximum Gasteiger partial charge on any atom is 0.255 e. The molecule has 1 N–H and O–H groups in total. The van der Waals surface area contributed by atoms with Crippen LogP contribution in [0.4, 0.5) is 0 Å². The molecule has 6 heteroatoms. The lowest BCUT2D eigenvalue weighted by Gasteiger charge is -2.20. The van der Waals surface area contributed by atoms with Gasteiger partial charge in [-0.05, 0) is 31.4 Å². The highest BCUT2D eigenvalue weighted by atomic mass is 16.3. The van der Waals surface area contributed by atoms with E-state index in [-0.39, 0.29) is 12.0 Å². The zero-order valence-electron chi connectivity index (χ0n) is 13.4. The minimum absolute atomic E-state index is 0.0144. The molecule has 2 aromatic rings. The number of amides is 1. The number of aliphatic hydroxyl groups excluding tert-OH is 1. The van der Waals surface area contributed by atoms with Crippen LogP contribution in [0.1, 0.15) is 42.4 Å². The Labute approximate surface area is 135 Å². The van der Waals surface area contributed by atoms with Gasteiger partial charge in [-0.2, -0.15) is 0 Å². The van der Waals surface area contributed by atoms with Gasteiger partial charge < -0.3 is 10.0 Å². The van der Waals surface area contributed by atoms with Gasteiger partial charge in [0.1, 0.15) is 11.6 Å². The van der Waals surface area contributed by atoms with Gasteiger partial charge in [-0.3, -0.25) is 9.36 Å². The highest BCUT2D eigenvalue weighted by Crippen LogP contribution is 2.15. The topological polar surface area (TPSA) is 71.2 Å². The number of hydrogen-bond acceptors (Lipinski definition) is 4. The molecule has 0 bridgehead atoms. The minimum Gasteiger partial charge on any atom is -0.393 e. The van der Waals surface area contributed by atoms with E-state index < -0.39 is 0 Å². The number of aliphatic hydroxyl groups is 1. The van der Waals surface area contributed by atoms with Crippen molar-refractivity contribution < 1.29 is 9.90 Å². The predicted molar refractivity (Wildman–Crippen MR) is 86.5 cm³/mol. The molecule has 0 radical (unpaired) electrons. The van der Waals surface area contributed by atoms with Gasteiger partial charge in [-0.1, -0.05) is 6.92 Å². The summed E-state index contributed by atoms with van der Waals surface area (Å²) in [5.74, 6) is 1.69. The zero-order chi connectivity index (χ0) is 16.2. The Bertz CT molecular complexity index is 665. The van der Waals surface area contributed by atoms with E-state index in [4.69, 9.17) is 0 Å². The van der Waals surface area contributed by atoms with Crippen molar-refractivity contribution in [2.45, 2.75) is 38.7 Å². The lowest BCUT2D eigenvalue weighted by atomic mass is 10.2. The quantitative estimate of drug-likeness (QED) is 0.938. The molecule has 23 heavy (non-hydrogen) atoms. The molecule has 1 aliphatic rings. The van der Waals surface area contributed by atoms with Crippen molar-refractivity contribution in [3.63, 3.8) is 0 Å². The molecule has 0 aromatic carbocycles. The molecule has 1 amide bonds. The average Bonchev–Trinajstić information content (AvgIpc) is 2.96. The van der Waals surface area contributed by atoms with Crippen LogP contribution in [0, 0.1) is 0 Å². The number of pyridine rings is 1. The summed E-state index contributed by atoms with van der Waals surface area (Å²) in [6.07, 6.45) is 8.04. The standard InChI is InChI=1S/C17H22N4O2/c1-2-15-18-8-11-21(15)16-6-5-13(12-19-16)17(23)20-9-3-4-14(22)7-10-20/h5-6,8,11-12,14,22H,2-4,7,9-10H2,1H3/t14-/m0/s1. The molecule has 1 aliphatic heterocycles. The largest absolute Gasteiger partial charge is 0.393 e.